The molecule has 94 valence electrons. The van der Waals surface area contributed by atoms with Crippen molar-refractivity contribution in [2.75, 3.05) is 33.9 Å². The third-order valence-corrected chi connectivity index (χ3v) is 2.75. The first-order valence-corrected chi connectivity index (χ1v) is 5.76. The molecule has 0 fully saturated rings. The average Bonchev–Trinajstić information content (AvgIpc) is 2.27. The minimum atomic E-state index is -0.0281. The molecule has 0 aromatic carbocycles. The van der Waals surface area contributed by atoms with Crippen molar-refractivity contribution in [3.05, 3.63) is 11.6 Å². The predicted octanol–water partition coefficient (Wildman–Crippen LogP) is 0.814. The van der Waals surface area contributed by atoms with E-state index in [4.69, 9.17) is 0 Å². The minimum Gasteiger partial charge on any atom is -0.354 e. The van der Waals surface area contributed by atoms with Gasteiger partial charge in [0.2, 0.25) is 5.91 Å². The molecule has 0 aromatic rings. The lowest BCUT2D eigenvalue weighted by molar-refractivity contribution is -0.123. The first-order chi connectivity index (χ1) is 7.52. The van der Waals surface area contributed by atoms with E-state index in [-0.39, 0.29) is 11.8 Å². The number of amides is 1. The van der Waals surface area contributed by atoms with Gasteiger partial charge in [0, 0.05) is 19.8 Å². The second-order valence-electron chi connectivity index (χ2n) is 4.14. The Balaban J connectivity index is 3.81. The van der Waals surface area contributed by atoms with Gasteiger partial charge in [-0.05, 0) is 34.9 Å². The molecule has 0 bridgehead atoms. The zero-order valence-electron chi connectivity index (χ0n) is 11.1. The average molecular weight is 227 g/mol. The summed E-state index contributed by atoms with van der Waals surface area (Å²) in [6, 6.07) is 0. The highest BCUT2D eigenvalue weighted by Crippen LogP contribution is 2.08. The monoisotopic (exact) mass is 227 g/mol. The summed E-state index contributed by atoms with van der Waals surface area (Å²) in [5.41, 5.74) is 1.11. The highest BCUT2D eigenvalue weighted by Gasteiger charge is 2.13. The van der Waals surface area contributed by atoms with Gasteiger partial charge in [0.1, 0.15) is 0 Å². The van der Waals surface area contributed by atoms with Crippen molar-refractivity contribution in [1.82, 2.24) is 15.5 Å². The third-order valence-electron chi connectivity index (χ3n) is 2.75. The first kappa shape index (κ1) is 15.1. The number of hydrogen-bond acceptors (Lipinski definition) is 3. The molecule has 0 unspecified atom stereocenters. The van der Waals surface area contributed by atoms with Crippen LogP contribution in [0.1, 0.15) is 20.8 Å². The van der Waals surface area contributed by atoms with E-state index in [1.165, 1.54) is 0 Å². The lowest BCUT2D eigenvalue weighted by Crippen LogP contribution is -2.38. The molecule has 0 spiro atoms. The van der Waals surface area contributed by atoms with Gasteiger partial charge in [-0.1, -0.05) is 11.6 Å². The van der Waals surface area contributed by atoms with E-state index in [1.807, 2.05) is 40.9 Å². The standard InChI is InChI=1S/C12H25N3O/c1-6-10(2)11(3)12(16)14-7-8-15(5)9-13-4/h6,11,13H,7-9H2,1-5H3,(H,14,16)/b10-6-/t11-/m1/s1. The van der Waals surface area contributed by atoms with Crippen molar-refractivity contribution >= 4 is 5.91 Å². The summed E-state index contributed by atoms with van der Waals surface area (Å²) in [6.07, 6.45) is 1.98. The number of nitrogens with one attached hydrogen (secondary N) is 2. The number of carbonyl (C=O) groups excluding carboxylic acids is 1. The van der Waals surface area contributed by atoms with E-state index in [0.29, 0.717) is 6.54 Å². The first-order valence-electron chi connectivity index (χ1n) is 5.76. The van der Waals surface area contributed by atoms with Gasteiger partial charge in [0.15, 0.2) is 0 Å². The molecule has 4 heteroatoms. The van der Waals surface area contributed by atoms with Gasteiger partial charge in [-0.25, -0.2) is 0 Å². The van der Waals surface area contributed by atoms with Crippen LogP contribution in [0.5, 0.6) is 0 Å². The van der Waals surface area contributed by atoms with Crippen LogP contribution in [0.25, 0.3) is 0 Å². The van der Waals surface area contributed by atoms with Crippen molar-refractivity contribution in [1.29, 1.82) is 0 Å². The molecule has 16 heavy (non-hydrogen) atoms. The molecular formula is C12H25N3O. The summed E-state index contributed by atoms with van der Waals surface area (Å²) < 4.78 is 0. The van der Waals surface area contributed by atoms with E-state index < -0.39 is 0 Å². The van der Waals surface area contributed by atoms with Crippen molar-refractivity contribution in [2.24, 2.45) is 5.92 Å². The minimum absolute atomic E-state index is 0.0281. The fourth-order valence-corrected chi connectivity index (χ4v) is 1.33. The predicted molar refractivity (Wildman–Crippen MR) is 68.2 cm³/mol. The summed E-state index contributed by atoms with van der Waals surface area (Å²) in [7, 11) is 3.93. The molecule has 0 heterocycles. The van der Waals surface area contributed by atoms with E-state index in [9.17, 15) is 4.79 Å². The molecule has 4 nitrogen and oxygen atoms in total. The summed E-state index contributed by atoms with van der Waals surface area (Å²) in [5, 5.41) is 6.00. The van der Waals surface area contributed by atoms with Gasteiger partial charge >= 0.3 is 0 Å². The Labute approximate surface area is 99.1 Å². The molecule has 0 aliphatic heterocycles. The van der Waals surface area contributed by atoms with Crippen LogP contribution in [0.3, 0.4) is 0 Å². The van der Waals surface area contributed by atoms with Crippen LogP contribution in [0.4, 0.5) is 0 Å². The Morgan fingerprint density at radius 2 is 2.12 bits per heavy atom. The second-order valence-corrected chi connectivity index (χ2v) is 4.14. The van der Waals surface area contributed by atoms with Gasteiger partial charge in [-0.15, -0.1) is 0 Å². The molecular weight excluding hydrogens is 202 g/mol. The molecule has 1 atom stereocenters. The molecule has 2 N–H and O–H groups in total. The Hall–Kier alpha value is -0.870. The molecule has 0 saturated heterocycles. The lowest BCUT2D eigenvalue weighted by atomic mass is 10.0. The molecule has 0 radical (unpaired) electrons. The summed E-state index contributed by atoms with van der Waals surface area (Å²) in [6.45, 7) is 8.25. The Kier molecular flexibility index (Phi) is 7.85. The molecule has 0 aromatic heterocycles. The number of hydrogen-bond donors (Lipinski definition) is 2. The van der Waals surface area contributed by atoms with E-state index >= 15 is 0 Å². The van der Waals surface area contributed by atoms with Crippen LogP contribution in [-0.2, 0) is 4.79 Å². The van der Waals surface area contributed by atoms with Gasteiger partial charge < -0.3 is 10.6 Å². The third kappa shape index (κ3) is 5.88. The quantitative estimate of drug-likeness (QED) is 0.500. The van der Waals surface area contributed by atoms with Crippen LogP contribution in [0.2, 0.25) is 0 Å². The molecule has 0 saturated carbocycles. The fraction of sp³-hybridized carbons (Fsp3) is 0.750. The smallest absolute Gasteiger partial charge is 0.226 e. The Morgan fingerprint density at radius 3 is 2.62 bits per heavy atom. The topological polar surface area (TPSA) is 44.4 Å². The number of nitrogens with zero attached hydrogens (tertiary/aromatic N) is 1. The van der Waals surface area contributed by atoms with Crippen LogP contribution >= 0.6 is 0 Å². The largest absolute Gasteiger partial charge is 0.354 e. The normalized spacial score (nSPS) is 14.0. The highest BCUT2D eigenvalue weighted by atomic mass is 16.1. The highest BCUT2D eigenvalue weighted by molar-refractivity contribution is 5.80. The maximum atomic E-state index is 11.7. The lowest BCUT2D eigenvalue weighted by Gasteiger charge is -2.17. The zero-order chi connectivity index (χ0) is 12.6. The van der Waals surface area contributed by atoms with Gasteiger partial charge in [-0.2, -0.15) is 0 Å². The summed E-state index contributed by atoms with van der Waals surface area (Å²) >= 11 is 0. The van der Waals surface area contributed by atoms with Crippen LogP contribution in [-0.4, -0.2) is 44.7 Å². The number of rotatable bonds is 7. The van der Waals surface area contributed by atoms with E-state index in [2.05, 4.69) is 15.5 Å². The van der Waals surface area contributed by atoms with Gasteiger partial charge in [-0.3, -0.25) is 9.69 Å². The fourth-order valence-electron chi connectivity index (χ4n) is 1.33. The van der Waals surface area contributed by atoms with Gasteiger partial charge in [0.25, 0.3) is 0 Å². The van der Waals surface area contributed by atoms with Crippen molar-refractivity contribution in [3.8, 4) is 0 Å². The Bertz CT molecular complexity index is 238. The van der Waals surface area contributed by atoms with Crippen molar-refractivity contribution in [3.63, 3.8) is 0 Å². The number of carbonyl (C=O) groups is 1. The van der Waals surface area contributed by atoms with Crippen LogP contribution in [0.15, 0.2) is 11.6 Å². The summed E-state index contributed by atoms with van der Waals surface area (Å²) in [4.78, 5) is 13.8. The zero-order valence-corrected chi connectivity index (χ0v) is 11.1. The number of likely N-dealkylation sites (N-methyl/N-ethyl adjacent to an activating group) is 1. The molecule has 0 aliphatic rings. The number of allylic oxidation sites excluding steroid dienone is 1. The Morgan fingerprint density at radius 1 is 1.50 bits per heavy atom. The molecule has 1 amide bonds. The van der Waals surface area contributed by atoms with Crippen molar-refractivity contribution < 1.29 is 4.79 Å². The molecule has 0 rings (SSSR count). The van der Waals surface area contributed by atoms with Crippen molar-refractivity contribution in [2.45, 2.75) is 20.8 Å². The second kappa shape index (κ2) is 8.30. The van der Waals surface area contributed by atoms with Crippen LogP contribution in [0, 0.1) is 5.92 Å². The van der Waals surface area contributed by atoms with E-state index in [0.717, 1.165) is 18.8 Å². The van der Waals surface area contributed by atoms with Crippen LogP contribution < -0.4 is 10.6 Å². The maximum Gasteiger partial charge on any atom is 0.226 e. The van der Waals surface area contributed by atoms with Gasteiger partial charge in [0.05, 0.1) is 5.92 Å². The molecule has 0 aliphatic carbocycles. The SMILES string of the molecule is C/C=C(/C)[C@@H](C)C(=O)NCCN(C)CNC. The maximum absolute atomic E-state index is 11.7. The van der Waals surface area contributed by atoms with E-state index in [1.54, 1.807) is 0 Å². The summed E-state index contributed by atoms with van der Waals surface area (Å²) in [5.74, 6) is 0.0769.